The molecule has 2 aliphatic carbocycles. The first-order chi connectivity index (χ1) is 19.7. The molecule has 1 aromatic heterocycles. The molecule has 0 saturated heterocycles. The van der Waals surface area contributed by atoms with E-state index in [0.29, 0.717) is 18.5 Å². The molecule has 4 aromatic rings. The summed E-state index contributed by atoms with van der Waals surface area (Å²) in [4.78, 5) is 20.4. The summed E-state index contributed by atoms with van der Waals surface area (Å²) in [6, 6.07) is 18.8. The van der Waals surface area contributed by atoms with E-state index in [9.17, 15) is 17.6 Å². The first-order valence-electron chi connectivity index (χ1n) is 13.9. The van der Waals surface area contributed by atoms with Gasteiger partial charge in [0.15, 0.2) is 0 Å². The highest BCUT2D eigenvalue weighted by Crippen LogP contribution is 2.49. The average molecular weight is 573 g/mol. The van der Waals surface area contributed by atoms with E-state index in [1.165, 1.54) is 12.1 Å². The Kier molecular flexibility index (Phi) is 7.25. The number of anilines is 1. The van der Waals surface area contributed by atoms with Crippen molar-refractivity contribution in [2.75, 3.05) is 4.90 Å². The molecule has 1 N–H and O–H groups in total. The summed E-state index contributed by atoms with van der Waals surface area (Å²) in [5.74, 6) is 0.0856. The number of halogens is 1. The van der Waals surface area contributed by atoms with Gasteiger partial charge >= 0.3 is 0 Å². The Balaban J connectivity index is 1.31. The molecule has 7 nitrogen and oxygen atoms in total. The lowest BCUT2D eigenvalue weighted by atomic mass is 9.87. The number of fused-ring (bicyclic) bond motifs is 1. The molecule has 41 heavy (non-hydrogen) atoms. The Morgan fingerprint density at radius 1 is 1.12 bits per heavy atom. The number of nitrogens with one attached hydrogen (secondary N) is 1. The fraction of sp³-hybridized carbons (Fsp3) is 0.312. The van der Waals surface area contributed by atoms with E-state index < -0.39 is 16.1 Å². The van der Waals surface area contributed by atoms with Crippen molar-refractivity contribution in [1.82, 2.24) is 14.3 Å². The first kappa shape index (κ1) is 27.4. The van der Waals surface area contributed by atoms with Crippen molar-refractivity contribution in [2.45, 2.75) is 56.0 Å². The number of hydrogen-bond donors (Lipinski definition) is 1. The lowest BCUT2D eigenvalue weighted by molar-refractivity contribution is -0.120. The molecule has 9 heteroatoms. The second-order valence-corrected chi connectivity index (χ2v) is 12.9. The third-order valence-electron chi connectivity index (χ3n) is 8.26. The Hall–Kier alpha value is -3.82. The number of nitrogens with zero attached hydrogens (tertiary/aromatic N) is 3. The number of carbonyl (C=O) groups excluding carboxylic acids is 1. The third kappa shape index (κ3) is 5.69. The quantitative estimate of drug-likeness (QED) is 0.300. The molecule has 6 rings (SSSR count). The molecule has 1 heterocycles. The van der Waals surface area contributed by atoms with Gasteiger partial charge in [-0.05, 0) is 91.6 Å². The summed E-state index contributed by atoms with van der Waals surface area (Å²) in [7, 11) is -1.85. The number of sulfonamides is 1. The van der Waals surface area contributed by atoms with Gasteiger partial charge in [-0.25, -0.2) is 22.5 Å². The molecule has 212 valence electrons. The molecule has 0 unspecified atom stereocenters. The molecule has 0 spiro atoms. The van der Waals surface area contributed by atoms with Crippen molar-refractivity contribution in [3.63, 3.8) is 0 Å². The molecule has 3 atom stereocenters. The van der Waals surface area contributed by atoms with Crippen molar-refractivity contribution in [3.8, 4) is 0 Å². The van der Waals surface area contributed by atoms with Crippen LogP contribution in [0.2, 0.25) is 0 Å². The number of hydrogen-bond acceptors (Lipinski definition) is 4. The standard InChI is InChI=1S/C32H33FN4O3S/c1-21-9-13-26(14-10-21)41(39,40)35-30-8-4-5-22-11-12-25(18-28(22)30)37(20-31-34-15-16-36(31)2)32(38)29-19-27(29)23-6-3-7-24(33)17-23/h3,6-7,9-18,27,29-30,35H,4-5,8,19-20H2,1-2H3/t27-,29-,30+/m1/s1. The van der Waals surface area contributed by atoms with E-state index in [0.717, 1.165) is 40.9 Å². The van der Waals surface area contributed by atoms with Gasteiger partial charge in [0.05, 0.1) is 11.4 Å². The Bertz CT molecular complexity index is 1700. The van der Waals surface area contributed by atoms with E-state index in [1.807, 2.05) is 49.0 Å². The van der Waals surface area contributed by atoms with Crippen LogP contribution in [-0.2, 0) is 34.8 Å². The summed E-state index contributed by atoms with van der Waals surface area (Å²) in [6.45, 7) is 2.19. The highest BCUT2D eigenvalue weighted by Gasteiger charge is 2.46. The van der Waals surface area contributed by atoms with Crippen LogP contribution in [0.1, 0.15) is 59.3 Å². The van der Waals surface area contributed by atoms with Gasteiger partial charge in [0.1, 0.15) is 11.6 Å². The van der Waals surface area contributed by atoms with Crippen molar-refractivity contribution in [2.24, 2.45) is 13.0 Å². The fourth-order valence-corrected chi connectivity index (χ4v) is 7.06. The molecule has 0 radical (unpaired) electrons. The molecule has 1 amide bonds. The predicted octanol–water partition coefficient (Wildman–Crippen LogP) is 5.56. The molecule has 1 fully saturated rings. The van der Waals surface area contributed by atoms with Crippen LogP contribution in [0.4, 0.5) is 10.1 Å². The number of aromatic nitrogens is 2. The zero-order valence-corrected chi connectivity index (χ0v) is 23.9. The van der Waals surface area contributed by atoms with E-state index in [4.69, 9.17) is 0 Å². The minimum absolute atomic E-state index is 0.0336. The van der Waals surface area contributed by atoms with Gasteiger partial charge in [0, 0.05) is 37.1 Å². The maximum Gasteiger partial charge on any atom is 0.241 e. The number of benzene rings is 3. The fourth-order valence-electron chi connectivity index (χ4n) is 5.81. The van der Waals surface area contributed by atoms with Gasteiger partial charge < -0.3 is 9.47 Å². The second-order valence-electron chi connectivity index (χ2n) is 11.1. The molecule has 3 aromatic carbocycles. The van der Waals surface area contributed by atoms with Crippen LogP contribution in [-0.4, -0.2) is 23.9 Å². The molecule has 1 saturated carbocycles. The van der Waals surface area contributed by atoms with Crippen LogP contribution >= 0.6 is 0 Å². The maximum atomic E-state index is 14.0. The van der Waals surface area contributed by atoms with Gasteiger partial charge in [-0.15, -0.1) is 0 Å². The van der Waals surface area contributed by atoms with Crippen molar-refractivity contribution in [3.05, 3.63) is 113 Å². The summed E-state index contributed by atoms with van der Waals surface area (Å²) in [5, 5.41) is 0. The average Bonchev–Trinajstić information content (AvgIpc) is 3.66. The Morgan fingerprint density at radius 2 is 1.93 bits per heavy atom. The lowest BCUT2D eigenvalue weighted by Crippen LogP contribution is -2.34. The largest absolute Gasteiger partial charge is 0.337 e. The predicted molar refractivity (Wildman–Crippen MR) is 155 cm³/mol. The van der Waals surface area contributed by atoms with Crippen molar-refractivity contribution in [1.29, 1.82) is 0 Å². The SMILES string of the molecule is Cc1ccc(S(=O)(=O)N[C@H]2CCCc3ccc(N(Cc4nccn4C)C(=O)[C@@H]4C[C@@H]4c4cccc(F)c4)cc32)cc1. The number of aryl methyl sites for hydroxylation is 3. The second kappa shape index (κ2) is 10.9. The summed E-state index contributed by atoms with van der Waals surface area (Å²) in [5.41, 5.74) is 4.48. The van der Waals surface area contributed by atoms with E-state index >= 15 is 0 Å². The highest BCUT2D eigenvalue weighted by atomic mass is 32.2. The van der Waals surface area contributed by atoms with Crippen LogP contribution in [0.25, 0.3) is 0 Å². The summed E-state index contributed by atoms with van der Waals surface area (Å²) < 4.78 is 45.2. The number of rotatable bonds is 8. The van der Waals surface area contributed by atoms with E-state index in [1.54, 1.807) is 41.4 Å². The van der Waals surface area contributed by atoms with Crippen molar-refractivity contribution >= 4 is 21.6 Å². The molecular weight excluding hydrogens is 539 g/mol. The normalized spacial score (nSPS) is 19.9. The van der Waals surface area contributed by atoms with Crippen LogP contribution in [0.3, 0.4) is 0 Å². The zero-order chi connectivity index (χ0) is 28.7. The van der Waals surface area contributed by atoms with Gasteiger partial charge in [0.2, 0.25) is 15.9 Å². The number of amides is 1. The summed E-state index contributed by atoms with van der Waals surface area (Å²) in [6.07, 6.45) is 6.57. The first-order valence-corrected chi connectivity index (χ1v) is 15.4. The van der Waals surface area contributed by atoms with Gasteiger partial charge in [0.25, 0.3) is 0 Å². The van der Waals surface area contributed by atoms with Gasteiger partial charge in [-0.2, -0.15) is 0 Å². The summed E-state index contributed by atoms with van der Waals surface area (Å²) >= 11 is 0. The lowest BCUT2D eigenvalue weighted by Gasteiger charge is -2.29. The molecule has 2 aliphatic rings. The minimum atomic E-state index is -3.73. The monoisotopic (exact) mass is 572 g/mol. The smallest absolute Gasteiger partial charge is 0.241 e. The maximum absolute atomic E-state index is 14.0. The highest BCUT2D eigenvalue weighted by molar-refractivity contribution is 7.89. The van der Waals surface area contributed by atoms with E-state index in [2.05, 4.69) is 9.71 Å². The molecule has 0 bridgehead atoms. The van der Waals surface area contributed by atoms with E-state index in [-0.39, 0.29) is 35.0 Å². The van der Waals surface area contributed by atoms with Crippen LogP contribution in [0, 0.1) is 18.7 Å². The van der Waals surface area contributed by atoms with Crippen LogP contribution in [0.5, 0.6) is 0 Å². The minimum Gasteiger partial charge on any atom is -0.337 e. The third-order valence-corrected chi connectivity index (χ3v) is 9.74. The van der Waals surface area contributed by atoms with Crippen LogP contribution in [0.15, 0.2) is 84.0 Å². The number of carbonyl (C=O) groups is 1. The Labute approximate surface area is 240 Å². The Morgan fingerprint density at radius 3 is 2.66 bits per heavy atom. The zero-order valence-electron chi connectivity index (χ0n) is 23.1. The van der Waals surface area contributed by atoms with Crippen molar-refractivity contribution < 1.29 is 17.6 Å². The van der Waals surface area contributed by atoms with Crippen LogP contribution < -0.4 is 9.62 Å². The van der Waals surface area contributed by atoms with Gasteiger partial charge in [-0.3, -0.25) is 4.79 Å². The molecular formula is C32H33FN4O3S. The molecule has 0 aliphatic heterocycles. The number of imidazole rings is 1. The van der Waals surface area contributed by atoms with Gasteiger partial charge in [-0.1, -0.05) is 35.9 Å². The topological polar surface area (TPSA) is 84.3 Å².